The van der Waals surface area contributed by atoms with Crippen LogP contribution < -0.4 is 5.32 Å². The van der Waals surface area contributed by atoms with Crippen LogP contribution >= 0.6 is 0 Å². The minimum Gasteiger partial charge on any atom is -0.338 e. The molecule has 1 saturated heterocycles. The van der Waals surface area contributed by atoms with Gasteiger partial charge in [-0.05, 0) is 44.9 Å². The maximum Gasteiger partial charge on any atom is 0.227 e. The molecule has 1 aliphatic rings. The van der Waals surface area contributed by atoms with Gasteiger partial charge < -0.3 is 10.2 Å². The van der Waals surface area contributed by atoms with Crippen LogP contribution in [0.25, 0.3) is 0 Å². The van der Waals surface area contributed by atoms with Gasteiger partial charge in [-0.15, -0.1) is 0 Å². The summed E-state index contributed by atoms with van der Waals surface area (Å²) < 4.78 is 13.7. The molecule has 2 rings (SSSR count). The minimum absolute atomic E-state index is 0.00229. The zero-order valence-corrected chi connectivity index (χ0v) is 12.9. The second-order valence-corrected chi connectivity index (χ2v) is 6.05. The van der Waals surface area contributed by atoms with E-state index < -0.39 is 0 Å². The Bertz CT molecular complexity index is 470. The Morgan fingerprint density at radius 3 is 2.76 bits per heavy atom. The van der Waals surface area contributed by atoms with E-state index in [4.69, 9.17) is 0 Å². The van der Waals surface area contributed by atoms with Crippen molar-refractivity contribution in [3.8, 4) is 0 Å². The molecule has 0 radical (unpaired) electrons. The number of carbonyl (C=O) groups excluding carboxylic acids is 1. The molecule has 1 heterocycles. The lowest BCUT2D eigenvalue weighted by Gasteiger charge is -2.33. The molecule has 1 fully saturated rings. The Kier molecular flexibility index (Phi) is 5.74. The molecule has 1 unspecified atom stereocenters. The van der Waals surface area contributed by atoms with E-state index in [2.05, 4.69) is 5.32 Å². The lowest BCUT2D eigenvalue weighted by Crippen LogP contribution is -2.48. The van der Waals surface area contributed by atoms with Gasteiger partial charge in [-0.25, -0.2) is 4.39 Å². The van der Waals surface area contributed by atoms with E-state index >= 15 is 0 Å². The third kappa shape index (κ3) is 4.53. The number of carbonyl (C=O) groups is 1. The fourth-order valence-corrected chi connectivity index (χ4v) is 2.82. The Morgan fingerprint density at radius 2 is 2.14 bits per heavy atom. The van der Waals surface area contributed by atoms with Gasteiger partial charge in [-0.1, -0.05) is 24.6 Å². The molecule has 1 aliphatic heterocycles. The van der Waals surface area contributed by atoms with Crippen LogP contribution in [0.2, 0.25) is 0 Å². The van der Waals surface area contributed by atoms with E-state index in [-0.39, 0.29) is 24.2 Å². The van der Waals surface area contributed by atoms with Crippen molar-refractivity contribution in [2.24, 2.45) is 0 Å². The van der Waals surface area contributed by atoms with Crippen molar-refractivity contribution < 1.29 is 9.18 Å². The van der Waals surface area contributed by atoms with E-state index in [9.17, 15) is 9.18 Å². The number of hydrogen-bond donors (Lipinski definition) is 1. The van der Waals surface area contributed by atoms with Gasteiger partial charge in [0.15, 0.2) is 0 Å². The standard InChI is InChI=1S/C17H25FN2O/c1-13(2)20(12-15-8-5-6-10-19-15)17(21)11-14-7-3-4-9-16(14)18/h3-4,7,9,13,15,19H,5-6,8,10-12H2,1-2H3. The van der Waals surface area contributed by atoms with Crippen LogP contribution in [0.1, 0.15) is 38.7 Å². The fraction of sp³-hybridized carbons (Fsp3) is 0.588. The summed E-state index contributed by atoms with van der Waals surface area (Å²) in [7, 11) is 0. The second kappa shape index (κ2) is 7.55. The van der Waals surface area contributed by atoms with Gasteiger partial charge in [0.05, 0.1) is 6.42 Å². The first kappa shape index (κ1) is 16.0. The van der Waals surface area contributed by atoms with E-state index in [0.29, 0.717) is 18.2 Å². The maximum absolute atomic E-state index is 13.7. The molecule has 0 bridgehead atoms. The van der Waals surface area contributed by atoms with Crippen LogP contribution in [0.15, 0.2) is 24.3 Å². The van der Waals surface area contributed by atoms with Crippen molar-refractivity contribution in [1.29, 1.82) is 0 Å². The molecule has 0 spiro atoms. The summed E-state index contributed by atoms with van der Waals surface area (Å²) in [6, 6.07) is 7.01. The SMILES string of the molecule is CC(C)N(CC1CCCCN1)C(=O)Cc1ccccc1F. The van der Waals surface area contributed by atoms with E-state index in [1.165, 1.54) is 18.9 Å². The number of piperidine rings is 1. The zero-order valence-electron chi connectivity index (χ0n) is 12.9. The molecule has 1 aromatic carbocycles. The Labute approximate surface area is 126 Å². The molecule has 1 aromatic rings. The molecule has 21 heavy (non-hydrogen) atoms. The molecular formula is C17H25FN2O. The van der Waals surface area contributed by atoms with Crippen LogP contribution in [0.5, 0.6) is 0 Å². The quantitative estimate of drug-likeness (QED) is 0.905. The highest BCUT2D eigenvalue weighted by atomic mass is 19.1. The number of amides is 1. The average molecular weight is 292 g/mol. The summed E-state index contributed by atoms with van der Waals surface area (Å²) in [5.74, 6) is -0.298. The Balaban J connectivity index is 2.00. The lowest BCUT2D eigenvalue weighted by molar-refractivity contribution is -0.132. The fourth-order valence-electron chi connectivity index (χ4n) is 2.82. The summed E-state index contributed by atoms with van der Waals surface area (Å²) in [5, 5.41) is 3.47. The summed E-state index contributed by atoms with van der Waals surface area (Å²) in [4.78, 5) is 14.4. The Hall–Kier alpha value is -1.42. The monoisotopic (exact) mass is 292 g/mol. The smallest absolute Gasteiger partial charge is 0.227 e. The second-order valence-electron chi connectivity index (χ2n) is 6.05. The number of benzene rings is 1. The van der Waals surface area contributed by atoms with Gasteiger partial charge in [0.25, 0.3) is 0 Å². The predicted octanol–water partition coefficient (Wildman–Crippen LogP) is 2.75. The van der Waals surface area contributed by atoms with Crippen LogP contribution in [0.3, 0.4) is 0 Å². The van der Waals surface area contributed by atoms with Crippen molar-refractivity contribution in [2.75, 3.05) is 13.1 Å². The van der Waals surface area contributed by atoms with Crippen molar-refractivity contribution in [3.05, 3.63) is 35.6 Å². The van der Waals surface area contributed by atoms with E-state index in [1.54, 1.807) is 18.2 Å². The topological polar surface area (TPSA) is 32.3 Å². The van der Waals surface area contributed by atoms with Gasteiger partial charge in [-0.2, -0.15) is 0 Å². The number of nitrogens with zero attached hydrogens (tertiary/aromatic N) is 1. The third-order valence-corrected chi connectivity index (χ3v) is 4.07. The number of halogens is 1. The predicted molar refractivity (Wildman–Crippen MR) is 82.6 cm³/mol. The minimum atomic E-state index is -0.301. The number of hydrogen-bond acceptors (Lipinski definition) is 2. The Morgan fingerprint density at radius 1 is 1.38 bits per heavy atom. The highest BCUT2D eigenvalue weighted by molar-refractivity contribution is 5.79. The molecule has 0 saturated carbocycles. The van der Waals surface area contributed by atoms with Crippen LogP contribution in [0.4, 0.5) is 4.39 Å². The molecule has 116 valence electrons. The van der Waals surface area contributed by atoms with Gasteiger partial charge >= 0.3 is 0 Å². The first-order valence-electron chi connectivity index (χ1n) is 7.84. The first-order chi connectivity index (χ1) is 10.1. The average Bonchev–Trinajstić information content (AvgIpc) is 2.48. The van der Waals surface area contributed by atoms with Crippen LogP contribution in [-0.4, -0.2) is 36.0 Å². The maximum atomic E-state index is 13.7. The van der Waals surface area contributed by atoms with Crippen molar-refractivity contribution in [1.82, 2.24) is 10.2 Å². The molecule has 0 aromatic heterocycles. The van der Waals surface area contributed by atoms with Gasteiger partial charge in [-0.3, -0.25) is 4.79 Å². The molecule has 3 nitrogen and oxygen atoms in total. The van der Waals surface area contributed by atoms with Gasteiger partial charge in [0, 0.05) is 18.6 Å². The normalized spacial score (nSPS) is 18.8. The molecule has 4 heteroatoms. The summed E-state index contributed by atoms with van der Waals surface area (Å²) in [6.45, 7) is 5.77. The van der Waals surface area contributed by atoms with Crippen LogP contribution in [-0.2, 0) is 11.2 Å². The lowest BCUT2D eigenvalue weighted by atomic mass is 10.0. The zero-order chi connectivity index (χ0) is 15.2. The van der Waals surface area contributed by atoms with Crippen LogP contribution in [0, 0.1) is 5.82 Å². The van der Waals surface area contributed by atoms with Crippen molar-refractivity contribution in [2.45, 2.75) is 51.6 Å². The van der Waals surface area contributed by atoms with E-state index in [0.717, 1.165) is 13.0 Å². The number of nitrogens with one attached hydrogen (secondary N) is 1. The van der Waals surface area contributed by atoms with Crippen molar-refractivity contribution >= 4 is 5.91 Å². The molecular weight excluding hydrogens is 267 g/mol. The van der Waals surface area contributed by atoms with Gasteiger partial charge in [0.1, 0.15) is 5.82 Å². The third-order valence-electron chi connectivity index (χ3n) is 4.07. The largest absolute Gasteiger partial charge is 0.338 e. The summed E-state index contributed by atoms with van der Waals surface area (Å²) in [6.07, 6.45) is 3.67. The highest BCUT2D eigenvalue weighted by Crippen LogP contribution is 2.14. The molecule has 0 aliphatic carbocycles. The number of rotatable bonds is 5. The first-order valence-corrected chi connectivity index (χ1v) is 7.84. The molecule has 1 amide bonds. The summed E-state index contributed by atoms with van der Waals surface area (Å²) in [5.41, 5.74) is 0.477. The van der Waals surface area contributed by atoms with Crippen molar-refractivity contribution in [3.63, 3.8) is 0 Å². The summed E-state index contributed by atoms with van der Waals surface area (Å²) >= 11 is 0. The van der Waals surface area contributed by atoms with Gasteiger partial charge in [0.2, 0.25) is 5.91 Å². The van der Waals surface area contributed by atoms with E-state index in [1.807, 2.05) is 18.7 Å². The molecule has 1 N–H and O–H groups in total. The highest BCUT2D eigenvalue weighted by Gasteiger charge is 2.23. The molecule has 1 atom stereocenters.